The normalized spacial score (nSPS) is 11.0. The van der Waals surface area contributed by atoms with Crippen LogP contribution in [0.15, 0.2) is 41.3 Å². The fourth-order valence-corrected chi connectivity index (χ4v) is 2.54. The predicted octanol–water partition coefficient (Wildman–Crippen LogP) is 2.54. The predicted molar refractivity (Wildman–Crippen MR) is 88.8 cm³/mol. The van der Waals surface area contributed by atoms with Gasteiger partial charge in [0.05, 0.1) is 9.85 Å². The molecule has 11 nitrogen and oxygen atoms in total. The highest BCUT2D eigenvalue weighted by molar-refractivity contribution is 7.85. The summed E-state index contributed by atoms with van der Waals surface area (Å²) >= 11 is 0. The van der Waals surface area contributed by atoms with Gasteiger partial charge >= 0.3 is 11.4 Å². The van der Waals surface area contributed by atoms with E-state index in [9.17, 15) is 28.6 Å². The molecule has 0 unspecified atom stereocenters. The average molecular weight is 368 g/mol. The fraction of sp³-hybridized carbons (Fsp3) is 0.0769. The van der Waals surface area contributed by atoms with Crippen LogP contribution < -0.4 is 10.6 Å². The largest absolute Gasteiger partial charge is 0.388 e. The highest BCUT2D eigenvalue weighted by atomic mass is 32.2. The van der Waals surface area contributed by atoms with Crippen LogP contribution in [-0.4, -0.2) is 29.9 Å². The molecule has 0 saturated carbocycles. The second-order valence-corrected chi connectivity index (χ2v) is 6.20. The number of rotatable bonds is 6. The molecule has 0 fully saturated rings. The number of nitrogens with zero attached hydrogens (tertiary/aromatic N) is 2. The van der Waals surface area contributed by atoms with Crippen LogP contribution in [0.1, 0.15) is 0 Å². The molecule has 25 heavy (non-hydrogen) atoms. The molecule has 3 N–H and O–H groups in total. The molecule has 0 bridgehead atoms. The maximum atomic E-state index is 11.2. The summed E-state index contributed by atoms with van der Waals surface area (Å²) in [6, 6.07) is 7.41. The van der Waals surface area contributed by atoms with E-state index in [4.69, 9.17) is 4.55 Å². The van der Waals surface area contributed by atoms with E-state index in [1.54, 1.807) is 19.2 Å². The molecule has 12 heteroatoms. The van der Waals surface area contributed by atoms with E-state index in [2.05, 4.69) is 10.6 Å². The van der Waals surface area contributed by atoms with Crippen molar-refractivity contribution in [3.05, 3.63) is 56.6 Å². The second kappa shape index (κ2) is 6.70. The summed E-state index contributed by atoms with van der Waals surface area (Å²) in [5, 5.41) is 27.9. The Morgan fingerprint density at radius 1 is 0.960 bits per heavy atom. The molecule has 0 aliphatic carbocycles. The zero-order valence-corrected chi connectivity index (χ0v) is 13.5. The van der Waals surface area contributed by atoms with Crippen molar-refractivity contribution in [1.82, 2.24) is 0 Å². The molecule has 0 saturated heterocycles. The summed E-state index contributed by atoms with van der Waals surface area (Å²) in [6.07, 6.45) is 0. The zero-order valence-electron chi connectivity index (χ0n) is 12.7. The summed E-state index contributed by atoms with van der Waals surface area (Å²) in [6.45, 7) is 0. The molecular weight excluding hydrogens is 356 g/mol. The van der Waals surface area contributed by atoms with Gasteiger partial charge < -0.3 is 10.6 Å². The third-order valence-corrected chi connectivity index (χ3v) is 4.04. The first-order valence-electron chi connectivity index (χ1n) is 6.62. The van der Waals surface area contributed by atoms with Gasteiger partial charge in [0, 0.05) is 30.6 Å². The number of nitro benzene ring substituents is 2. The molecule has 0 aromatic heterocycles. The van der Waals surface area contributed by atoms with Crippen LogP contribution in [0.4, 0.5) is 28.4 Å². The van der Waals surface area contributed by atoms with E-state index in [-0.39, 0.29) is 0 Å². The van der Waals surface area contributed by atoms with Crippen molar-refractivity contribution in [2.45, 2.75) is 4.90 Å². The van der Waals surface area contributed by atoms with Crippen molar-refractivity contribution >= 4 is 38.6 Å². The minimum absolute atomic E-state index is 0.310. The molecule has 2 aromatic carbocycles. The Hall–Kier alpha value is -3.25. The zero-order chi connectivity index (χ0) is 18.8. The lowest BCUT2D eigenvalue weighted by molar-refractivity contribution is -0.392. The van der Waals surface area contributed by atoms with Crippen LogP contribution >= 0.6 is 0 Å². The molecule has 0 radical (unpaired) electrons. The Balaban J connectivity index is 2.65. The van der Waals surface area contributed by atoms with Crippen molar-refractivity contribution in [2.75, 3.05) is 17.7 Å². The standard InChI is InChI=1S/C13H12N4O7S/c1-14-8-2-4-9(5-3-8)15-13-11(16(18)19)6-10(25(22,23)24)7-12(13)17(20)21/h2-7,14-15H,1H3,(H,22,23,24). The van der Waals surface area contributed by atoms with Gasteiger partial charge in [0.2, 0.25) is 0 Å². The SMILES string of the molecule is CNc1ccc(Nc2c([N+](=O)[O-])cc(S(=O)(=O)O)cc2[N+](=O)[O-])cc1. The lowest BCUT2D eigenvalue weighted by atomic mass is 10.2. The van der Waals surface area contributed by atoms with Crippen molar-refractivity contribution in [3.63, 3.8) is 0 Å². The molecule has 0 aliphatic heterocycles. The van der Waals surface area contributed by atoms with Gasteiger partial charge in [-0.3, -0.25) is 24.8 Å². The monoisotopic (exact) mass is 368 g/mol. The van der Waals surface area contributed by atoms with Crippen LogP contribution in [0.3, 0.4) is 0 Å². The minimum Gasteiger partial charge on any atom is -0.388 e. The van der Waals surface area contributed by atoms with E-state index in [1.165, 1.54) is 12.1 Å². The maximum Gasteiger partial charge on any atom is 0.301 e. The third kappa shape index (κ3) is 3.99. The number of nitrogens with one attached hydrogen (secondary N) is 2. The van der Waals surface area contributed by atoms with E-state index in [0.29, 0.717) is 17.8 Å². The van der Waals surface area contributed by atoms with E-state index in [0.717, 1.165) is 5.69 Å². The molecule has 2 aromatic rings. The Labute approximate surface area is 141 Å². The summed E-state index contributed by atoms with van der Waals surface area (Å²) < 4.78 is 31.5. The first-order valence-corrected chi connectivity index (χ1v) is 8.06. The van der Waals surface area contributed by atoms with Gasteiger partial charge in [0.15, 0.2) is 5.69 Å². The second-order valence-electron chi connectivity index (χ2n) is 4.78. The first kappa shape index (κ1) is 18.1. The summed E-state index contributed by atoms with van der Waals surface area (Å²) in [5.41, 5.74) is -1.17. The molecule has 0 aliphatic rings. The van der Waals surface area contributed by atoms with Gasteiger partial charge in [-0.15, -0.1) is 0 Å². The quantitative estimate of drug-likeness (QED) is 0.394. The van der Waals surface area contributed by atoms with E-state index >= 15 is 0 Å². The van der Waals surface area contributed by atoms with E-state index in [1.807, 2.05) is 0 Å². The smallest absolute Gasteiger partial charge is 0.301 e. The molecule has 0 atom stereocenters. The topological polar surface area (TPSA) is 165 Å². The molecular formula is C13H12N4O7S. The summed E-state index contributed by atoms with van der Waals surface area (Å²) in [7, 11) is -3.17. The van der Waals surface area contributed by atoms with Crippen LogP contribution in [0.5, 0.6) is 0 Å². The Morgan fingerprint density at radius 3 is 1.76 bits per heavy atom. The lowest BCUT2D eigenvalue weighted by Crippen LogP contribution is -2.06. The number of nitro groups is 2. The van der Waals surface area contributed by atoms with Gasteiger partial charge in [-0.2, -0.15) is 8.42 Å². The molecule has 0 spiro atoms. The highest BCUT2D eigenvalue weighted by Crippen LogP contribution is 2.39. The number of anilines is 3. The third-order valence-electron chi connectivity index (χ3n) is 3.20. The highest BCUT2D eigenvalue weighted by Gasteiger charge is 2.30. The minimum atomic E-state index is -4.86. The van der Waals surface area contributed by atoms with Crippen molar-refractivity contribution < 1.29 is 22.8 Å². The Bertz CT molecular complexity index is 906. The van der Waals surface area contributed by atoms with Gasteiger partial charge in [0.1, 0.15) is 4.90 Å². The number of hydrogen-bond donors (Lipinski definition) is 3. The Kier molecular flexibility index (Phi) is 4.85. The van der Waals surface area contributed by atoms with Gasteiger partial charge in [-0.25, -0.2) is 0 Å². The van der Waals surface area contributed by atoms with Gasteiger partial charge in [0.25, 0.3) is 10.1 Å². The van der Waals surface area contributed by atoms with Gasteiger partial charge in [-0.05, 0) is 24.3 Å². The summed E-state index contributed by atoms with van der Waals surface area (Å²) in [4.78, 5) is 19.5. The van der Waals surface area contributed by atoms with Crippen molar-refractivity contribution in [2.24, 2.45) is 0 Å². The first-order chi connectivity index (χ1) is 11.6. The molecule has 0 amide bonds. The van der Waals surface area contributed by atoms with E-state index < -0.39 is 41.9 Å². The molecule has 2 rings (SSSR count). The number of benzene rings is 2. The summed E-state index contributed by atoms with van der Waals surface area (Å²) in [5.74, 6) is 0. The lowest BCUT2D eigenvalue weighted by Gasteiger charge is -2.10. The van der Waals surface area contributed by atoms with Gasteiger partial charge in [-0.1, -0.05) is 0 Å². The Morgan fingerprint density at radius 2 is 1.40 bits per heavy atom. The van der Waals surface area contributed by atoms with Crippen molar-refractivity contribution in [3.8, 4) is 0 Å². The number of hydrogen-bond acceptors (Lipinski definition) is 8. The van der Waals surface area contributed by atoms with Crippen LogP contribution in [0, 0.1) is 20.2 Å². The molecule has 0 heterocycles. The van der Waals surface area contributed by atoms with Crippen LogP contribution in [0.2, 0.25) is 0 Å². The van der Waals surface area contributed by atoms with Crippen molar-refractivity contribution in [1.29, 1.82) is 0 Å². The van der Waals surface area contributed by atoms with Crippen LogP contribution in [0.25, 0.3) is 0 Å². The average Bonchev–Trinajstić information content (AvgIpc) is 2.54. The molecule has 132 valence electrons. The maximum absolute atomic E-state index is 11.2. The fourth-order valence-electron chi connectivity index (χ4n) is 2.02. The van der Waals surface area contributed by atoms with Crippen LogP contribution in [-0.2, 0) is 10.1 Å².